The van der Waals surface area contributed by atoms with Gasteiger partial charge in [0.2, 0.25) is 6.29 Å². The van der Waals surface area contributed by atoms with Gasteiger partial charge in [-0.15, -0.1) is 0 Å². The van der Waals surface area contributed by atoms with Crippen molar-refractivity contribution in [3.8, 4) is 5.75 Å². The molecule has 2 heterocycles. The van der Waals surface area contributed by atoms with Crippen LogP contribution in [0.2, 0.25) is 0 Å². The summed E-state index contributed by atoms with van der Waals surface area (Å²) in [7, 11) is 0. The molecule has 10 heteroatoms. The van der Waals surface area contributed by atoms with Crippen molar-refractivity contribution in [2.45, 2.75) is 30.7 Å². The fourth-order valence-electron chi connectivity index (χ4n) is 2.59. The molecule has 1 aliphatic rings. The summed E-state index contributed by atoms with van der Waals surface area (Å²) in [5, 5.41) is 49.9. The predicted octanol–water partition coefficient (Wildman–Crippen LogP) is -0.745. The number of nitro groups is 1. The maximum Gasteiger partial charge on any atom is 0.271 e. The van der Waals surface area contributed by atoms with Crippen LogP contribution < -0.4 is 4.74 Å². The number of ether oxygens (including phenoxy) is 2. The number of nitrogens with zero attached hydrogens (tertiary/aromatic N) is 1. The maximum atomic E-state index is 10.8. The number of benzene rings is 1. The van der Waals surface area contributed by atoms with Gasteiger partial charge in [-0.25, -0.2) is 0 Å². The number of aromatic nitrogens is 1. The lowest BCUT2D eigenvalue weighted by Crippen LogP contribution is -2.60. The molecule has 0 bridgehead atoms. The van der Waals surface area contributed by atoms with E-state index in [2.05, 4.69) is 4.98 Å². The van der Waals surface area contributed by atoms with Gasteiger partial charge in [0.25, 0.3) is 5.69 Å². The number of fused-ring (bicyclic) bond motifs is 1. The molecule has 0 amide bonds. The van der Waals surface area contributed by atoms with Crippen molar-refractivity contribution in [1.29, 1.82) is 0 Å². The molecule has 1 aromatic heterocycles. The van der Waals surface area contributed by atoms with E-state index in [0.29, 0.717) is 10.9 Å². The minimum Gasteiger partial charge on any atom is -0.460 e. The van der Waals surface area contributed by atoms with Crippen molar-refractivity contribution in [2.24, 2.45) is 0 Å². The van der Waals surface area contributed by atoms with E-state index in [1.54, 1.807) is 0 Å². The van der Waals surface area contributed by atoms with E-state index in [0.717, 1.165) is 0 Å². The lowest BCUT2D eigenvalue weighted by Gasteiger charge is -2.39. The number of nitro benzene ring substituents is 1. The van der Waals surface area contributed by atoms with E-state index in [1.165, 1.54) is 24.4 Å². The number of H-pyrrole nitrogens is 1. The average Bonchev–Trinajstić information content (AvgIpc) is 2.97. The summed E-state index contributed by atoms with van der Waals surface area (Å²) < 4.78 is 10.8. The zero-order valence-corrected chi connectivity index (χ0v) is 12.3. The second-order valence-corrected chi connectivity index (χ2v) is 5.46. The fourth-order valence-corrected chi connectivity index (χ4v) is 2.59. The predicted molar refractivity (Wildman–Crippen MR) is 79.3 cm³/mol. The van der Waals surface area contributed by atoms with Gasteiger partial charge in [-0.2, -0.15) is 0 Å². The Bertz CT molecular complexity index is 745. The van der Waals surface area contributed by atoms with Crippen LogP contribution in [0.4, 0.5) is 5.69 Å². The molecule has 10 nitrogen and oxygen atoms in total. The second-order valence-electron chi connectivity index (χ2n) is 5.46. The molecule has 2 aromatic rings. The van der Waals surface area contributed by atoms with Crippen LogP contribution in [0.25, 0.3) is 10.9 Å². The van der Waals surface area contributed by atoms with Crippen LogP contribution in [0, 0.1) is 10.1 Å². The van der Waals surface area contributed by atoms with Crippen molar-refractivity contribution in [3.05, 3.63) is 34.5 Å². The van der Waals surface area contributed by atoms with Crippen LogP contribution in [0.1, 0.15) is 0 Å². The van der Waals surface area contributed by atoms with Crippen LogP contribution in [-0.2, 0) is 4.74 Å². The molecule has 130 valence electrons. The van der Waals surface area contributed by atoms with Crippen LogP contribution in [0.15, 0.2) is 24.4 Å². The van der Waals surface area contributed by atoms with Gasteiger partial charge in [-0.3, -0.25) is 10.1 Å². The van der Waals surface area contributed by atoms with E-state index in [1.807, 2.05) is 0 Å². The number of aliphatic hydroxyl groups is 4. The molecule has 0 saturated carbocycles. The summed E-state index contributed by atoms with van der Waals surface area (Å²) in [6, 6.07) is 4.11. The van der Waals surface area contributed by atoms with Crippen molar-refractivity contribution in [3.63, 3.8) is 0 Å². The van der Waals surface area contributed by atoms with Crippen LogP contribution in [-0.4, -0.2) is 67.6 Å². The first-order valence-electron chi connectivity index (χ1n) is 7.15. The van der Waals surface area contributed by atoms with Gasteiger partial charge in [0.05, 0.1) is 17.0 Å². The number of aliphatic hydroxyl groups excluding tert-OH is 4. The first-order chi connectivity index (χ1) is 11.4. The molecular formula is C14H16N2O8. The van der Waals surface area contributed by atoms with Crippen LogP contribution in [0.3, 0.4) is 0 Å². The highest BCUT2D eigenvalue weighted by atomic mass is 16.7. The maximum absolute atomic E-state index is 10.8. The van der Waals surface area contributed by atoms with Crippen molar-refractivity contribution in [1.82, 2.24) is 4.98 Å². The monoisotopic (exact) mass is 340 g/mol. The highest BCUT2D eigenvalue weighted by Crippen LogP contribution is 2.31. The van der Waals surface area contributed by atoms with Crippen molar-refractivity contribution >= 4 is 16.6 Å². The third kappa shape index (κ3) is 2.81. The van der Waals surface area contributed by atoms with Gasteiger partial charge < -0.3 is 34.9 Å². The first kappa shape index (κ1) is 16.6. The molecule has 1 aliphatic heterocycles. The number of hydrogen-bond donors (Lipinski definition) is 5. The van der Waals surface area contributed by atoms with E-state index < -0.39 is 42.2 Å². The van der Waals surface area contributed by atoms with Crippen LogP contribution >= 0.6 is 0 Å². The third-order valence-corrected chi connectivity index (χ3v) is 3.93. The lowest BCUT2D eigenvalue weighted by molar-refractivity contribution is -0.384. The highest BCUT2D eigenvalue weighted by molar-refractivity contribution is 5.87. The Morgan fingerprint density at radius 1 is 1.25 bits per heavy atom. The number of rotatable bonds is 4. The summed E-state index contributed by atoms with van der Waals surface area (Å²) in [4.78, 5) is 13.1. The van der Waals surface area contributed by atoms with E-state index >= 15 is 0 Å². The molecule has 5 N–H and O–H groups in total. The smallest absolute Gasteiger partial charge is 0.271 e. The Labute approximate surface area is 135 Å². The molecular weight excluding hydrogens is 324 g/mol. The number of nitrogens with one attached hydrogen (secondary N) is 1. The Kier molecular flexibility index (Phi) is 4.39. The van der Waals surface area contributed by atoms with E-state index in [9.17, 15) is 25.4 Å². The summed E-state index contributed by atoms with van der Waals surface area (Å²) in [6.45, 7) is -0.565. The summed E-state index contributed by atoms with van der Waals surface area (Å²) >= 11 is 0. The molecule has 1 saturated heterocycles. The van der Waals surface area contributed by atoms with Crippen molar-refractivity contribution in [2.75, 3.05) is 6.61 Å². The third-order valence-electron chi connectivity index (χ3n) is 3.93. The van der Waals surface area contributed by atoms with E-state index in [-0.39, 0.29) is 11.4 Å². The molecule has 5 atom stereocenters. The topological polar surface area (TPSA) is 158 Å². The fraction of sp³-hybridized carbons (Fsp3) is 0.429. The Hall–Kier alpha value is -2.24. The molecule has 24 heavy (non-hydrogen) atoms. The zero-order chi connectivity index (χ0) is 17.4. The quantitative estimate of drug-likeness (QED) is 0.359. The van der Waals surface area contributed by atoms with Gasteiger partial charge in [-0.05, 0) is 6.07 Å². The minimum atomic E-state index is -1.55. The first-order valence-corrected chi connectivity index (χ1v) is 7.15. The Morgan fingerprint density at radius 2 is 2.00 bits per heavy atom. The summed E-state index contributed by atoms with van der Waals surface area (Å²) in [5.74, 6) is 0.240. The number of non-ortho nitro benzene ring substituents is 1. The summed E-state index contributed by atoms with van der Waals surface area (Å²) in [5.41, 5.74) is 0.354. The Morgan fingerprint density at radius 3 is 2.67 bits per heavy atom. The number of aromatic amines is 1. The average molecular weight is 340 g/mol. The van der Waals surface area contributed by atoms with E-state index in [4.69, 9.17) is 14.6 Å². The Balaban J connectivity index is 1.85. The van der Waals surface area contributed by atoms with Crippen molar-refractivity contribution < 1.29 is 34.8 Å². The van der Waals surface area contributed by atoms with Gasteiger partial charge >= 0.3 is 0 Å². The molecule has 3 rings (SSSR count). The zero-order valence-electron chi connectivity index (χ0n) is 12.3. The van der Waals surface area contributed by atoms with Gasteiger partial charge in [0.1, 0.15) is 30.2 Å². The highest BCUT2D eigenvalue weighted by Gasteiger charge is 2.44. The molecule has 0 spiro atoms. The second kappa shape index (κ2) is 6.34. The van der Waals surface area contributed by atoms with Gasteiger partial charge in [0.15, 0.2) is 0 Å². The SMILES string of the molecule is O=[N+]([O-])c1ccc2c(O[C@@H]3O[C@H](CO)[C@H](O)[C@H](O)[C@H]3O)c[nH]c2c1. The lowest BCUT2D eigenvalue weighted by atomic mass is 9.99. The molecule has 1 fully saturated rings. The number of hydrogen-bond acceptors (Lipinski definition) is 8. The molecule has 0 unspecified atom stereocenters. The minimum absolute atomic E-state index is 0.0938. The molecule has 0 aliphatic carbocycles. The summed E-state index contributed by atoms with van der Waals surface area (Å²) in [6.07, 6.45) is -5.54. The van der Waals surface area contributed by atoms with Gasteiger partial charge in [-0.1, -0.05) is 0 Å². The largest absolute Gasteiger partial charge is 0.460 e. The normalized spacial score (nSPS) is 30.4. The van der Waals surface area contributed by atoms with Crippen LogP contribution in [0.5, 0.6) is 5.75 Å². The standard InChI is InChI=1S/C14H16N2O8/c17-5-10-11(18)12(19)13(20)14(24-10)23-9-4-15-8-3-6(16(21)22)1-2-7(8)9/h1-4,10-15,17-20H,5H2/t10-,11+,12+,13-,14-/m1/s1. The molecule has 0 radical (unpaired) electrons. The molecule has 1 aromatic carbocycles. The van der Waals surface area contributed by atoms with Gasteiger partial charge in [0, 0.05) is 23.7 Å².